The number of Topliss-reactive ketones (excluding diaryl/α,β-unsaturated/α-hetero) is 3. The van der Waals surface area contributed by atoms with Crippen molar-refractivity contribution in [2.75, 3.05) is 0 Å². The number of alkyl halides is 6. The molecule has 0 radical (unpaired) electrons. The van der Waals surface area contributed by atoms with Crippen LogP contribution in [0.25, 0.3) is 0 Å². The van der Waals surface area contributed by atoms with E-state index >= 15 is 0 Å². The third-order valence-corrected chi connectivity index (χ3v) is 6.78. The maximum Gasteiger partial charge on any atom is 0.471 e. The maximum absolute atomic E-state index is 13.3. The zero-order chi connectivity index (χ0) is 30.4. The molecule has 16 heteroatoms. The third-order valence-electron chi connectivity index (χ3n) is 6.78. The molecule has 4 rings (SSSR count). The number of hydrogen-bond acceptors (Lipinski definition) is 8. The Labute approximate surface area is 227 Å². The van der Waals surface area contributed by atoms with Gasteiger partial charge in [-0.3, -0.25) is 24.0 Å². The molecule has 2 amide bonds. The van der Waals surface area contributed by atoms with Crippen LogP contribution < -0.4 is 10.6 Å². The van der Waals surface area contributed by atoms with Crippen LogP contribution in [-0.4, -0.2) is 78.4 Å². The fourth-order valence-electron chi connectivity index (χ4n) is 4.82. The number of amides is 2. The predicted octanol–water partition coefficient (Wildman–Crippen LogP) is 2.31. The molecule has 1 saturated heterocycles. The smallest absolute Gasteiger partial charge is 0.347 e. The molecule has 1 aromatic rings. The highest BCUT2D eigenvalue weighted by atomic mass is 19.4. The van der Waals surface area contributed by atoms with E-state index in [-0.39, 0.29) is 28.7 Å². The van der Waals surface area contributed by atoms with E-state index in [1.165, 1.54) is 29.6 Å². The number of carbonyl (C=O) groups excluding carboxylic acids is 5. The number of hydrogen-bond donors (Lipinski definition) is 2. The van der Waals surface area contributed by atoms with Crippen molar-refractivity contribution in [1.29, 1.82) is 0 Å². The van der Waals surface area contributed by atoms with Gasteiger partial charge in [0, 0.05) is 29.5 Å². The maximum atomic E-state index is 13.3. The molecule has 6 atom stereocenters. The van der Waals surface area contributed by atoms with Gasteiger partial charge in [-0.2, -0.15) is 26.3 Å². The largest absolute Gasteiger partial charge is 0.471 e. The molecular formula is C25H22F6N2O8. The summed E-state index contributed by atoms with van der Waals surface area (Å²) in [5.41, 5.74) is -0.255. The zero-order valence-electron chi connectivity index (χ0n) is 21.2. The third kappa shape index (κ3) is 6.18. The second kappa shape index (κ2) is 11.0. The van der Waals surface area contributed by atoms with E-state index in [0.29, 0.717) is 0 Å². The van der Waals surface area contributed by atoms with Crippen molar-refractivity contribution in [3.8, 4) is 0 Å². The molecule has 0 unspecified atom stereocenters. The van der Waals surface area contributed by atoms with Crippen molar-refractivity contribution in [3.63, 3.8) is 0 Å². The highest BCUT2D eigenvalue weighted by Crippen LogP contribution is 2.38. The molecule has 0 spiro atoms. The summed E-state index contributed by atoms with van der Waals surface area (Å²) in [6.07, 6.45) is -17.9. The lowest BCUT2D eigenvalue weighted by atomic mass is 9.80. The van der Waals surface area contributed by atoms with Crippen LogP contribution in [0, 0.1) is 0 Å². The van der Waals surface area contributed by atoms with Crippen LogP contribution in [0.4, 0.5) is 26.3 Å². The van der Waals surface area contributed by atoms with E-state index in [0.717, 1.165) is 13.8 Å². The molecule has 1 fully saturated rings. The molecule has 2 heterocycles. The first-order valence-electron chi connectivity index (χ1n) is 12.1. The highest BCUT2D eigenvalue weighted by Gasteiger charge is 2.49. The molecular weight excluding hydrogens is 570 g/mol. The SMILES string of the molecule is CC(=O)[C@@H]1CC2=C(C(=O)c3ccccc3C2=O)[C@@H](O[C@H]2C[C@H](NC(=O)C(F)(F)F)[C@H](NC(=O)C(F)(F)F)[C@H](C)O2)O1. The molecule has 1 aliphatic carbocycles. The molecule has 0 saturated carbocycles. The second-order valence-electron chi connectivity index (χ2n) is 9.58. The standard InChI is InChI=1S/C25H22F6N2O8/c1-9(34)15-7-13-17(20(36)12-6-4-3-5-11(12)19(13)35)21(40-15)41-16-8-14(32-22(37)24(26,27)28)18(10(2)39-16)33-23(38)25(29,30)31/h3-6,10,14-16,18,21H,7-8H2,1-2H3,(H,32,37)(H,33,38)/t10-,14-,15-,16-,18+,21+/m0/s1. The van der Waals surface area contributed by atoms with Crippen molar-refractivity contribution < 1.29 is 64.5 Å². The summed E-state index contributed by atoms with van der Waals surface area (Å²) in [7, 11) is 0. The predicted molar refractivity (Wildman–Crippen MR) is 122 cm³/mol. The number of ketones is 3. The summed E-state index contributed by atoms with van der Waals surface area (Å²) in [5, 5.41) is 3.06. The molecule has 1 aromatic carbocycles. The van der Waals surface area contributed by atoms with Crippen molar-refractivity contribution in [1.82, 2.24) is 10.6 Å². The van der Waals surface area contributed by atoms with Crippen LogP contribution in [0.2, 0.25) is 0 Å². The molecule has 0 bridgehead atoms. The van der Waals surface area contributed by atoms with E-state index in [9.17, 15) is 50.3 Å². The van der Waals surface area contributed by atoms with E-state index in [1.54, 1.807) is 5.32 Å². The Balaban J connectivity index is 1.64. The van der Waals surface area contributed by atoms with E-state index in [1.807, 2.05) is 0 Å². The van der Waals surface area contributed by atoms with Gasteiger partial charge in [-0.15, -0.1) is 0 Å². The minimum Gasteiger partial charge on any atom is -0.347 e. The minimum atomic E-state index is -5.42. The lowest BCUT2D eigenvalue weighted by Gasteiger charge is -2.43. The van der Waals surface area contributed by atoms with Crippen LogP contribution in [0.1, 0.15) is 47.4 Å². The fourth-order valence-corrected chi connectivity index (χ4v) is 4.82. The Bertz CT molecular complexity index is 1320. The van der Waals surface area contributed by atoms with Crippen LogP contribution in [0.5, 0.6) is 0 Å². The zero-order valence-corrected chi connectivity index (χ0v) is 21.2. The van der Waals surface area contributed by atoms with Gasteiger partial charge in [0.2, 0.25) is 0 Å². The van der Waals surface area contributed by atoms with Gasteiger partial charge >= 0.3 is 24.2 Å². The van der Waals surface area contributed by atoms with Gasteiger partial charge in [-0.05, 0) is 13.8 Å². The second-order valence-corrected chi connectivity index (χ2v) is 9.58. The summed E-state index contributed by atoms with van der Waals surface area (Å²) in [4.78, 5) is 61.9. The lowest BCUT2D eigenvalue weighted by Crippen LogP contribution is -2.64. The first-order valence-corrected chi connectivity index (χ1v) is 12.1. The molecule has 41 heavy (non-hydrogen) atoms. The van der Waals surface area contributed by atoms with E-state index in [4.69, 9.17) is 14.2 Å². The monoisotopic (exact) mass is 592 g/mol. The van der Waals surface area contributed by atoms with Crippen molar-refractivity contribution in [3.05, 3.63) is 46.5 Å². The van der Waals surface area contributed by atoms with Gasteiger partial charge < -0.3 is 24.8 Å². The molecule has 10 nitrogen and oxygen atoms in total. The first-order chi connectivity index (χ1) is 19.0. The Morgan fingerprint density at radius 1 is 0.902 bits per heavy atom. The Kier molecular flexibility index (Phi) is 8.12. The number of carbonyl (C=O) groups is 5. The fraction of sp³-hybridized carbons (Fsp3) is 0.480. The number of benzene rings is 1. The summed E-state index contributed by atoms with van der Waals surface area (Å²) < 4.78 is 94.4. The van der Waals surface area contributed by atoms with Gasteiger partial charge in [0.05, 0.1) is 23.8 Å². The molecule has 222 valence electrons. The molecule has 3 aliphatic rings. The quantitative estimate of drug-likeness (QED) is 0.498. The van der Waals surface area contributed by atoms with E-state index in [2.05, 4.69) is 0 Å². The first kappa shape index (κ1) is 30.3. The summed E-state index contributed by atoms with van der Waals surface area (Å²) >= 11 is 0. The molecule has 0 aromatic heterocycles. The topological polar surface area (TPSA) is 137 Å². The number of fused-ring (bicyclic) bond motifs is 1. The van der Waals surface area contributed by atoms with Crippen LogP contribution >= 0.6 is 0 Å². The van der Waals surface area contributed by atoms with Crippen LogP contribution in [0.15, 0.2) is 35.4 Å². The van der Waals surface area contributed by atoms with Crippen molar-refractivity contribution in [2.45, 2.75) is 75.9 Å². The van der Waals surface area contributed by atoms with Gasteiger partial charge in [0.25, 0.3) is 0 Å². The van der Waals surface area contributed by atoms with Crippen molar-refractivity contribution >= 4 is 29.2 Å². The Morgan fingerprint density at radius 3 is 2.02 bits per heavy atom. The minimum absolute atomic E-state index is 0.0119. The summed E-state index contributed by atoms with van der Waals surface area (Å²) in [6, 6.07) is 2.25. The van der Waals surface area contributed by atoms with E-state index < -0.39 is 84.8 Å². The highest BCUT2D eigenvalue weighted by molar-refractivity contribution is 6.27. The number of ether oxygens (including phenoxy) is 3. The van der Waals surface area contributed by atoms with Gasteiger partial charge in [0.15, 0.2) is 29.9 Å². The molecule has 2 N–H and O–H groups in total. The van der Waals surface area contributed by atoms with Gasteiger partial charge in [-0.25, -0.2) is 0 Å². The van der Waals surface area contributed by atoms with Gasteiger partial charge in [0.1, 0.15) is 6.10 Å². The van der Waals surface area contributed by atoms with Crippen LogP contribution in [0.3, 0.4) is 0 Å². The van der Waals surface area contributed by atoms with Crippen LogP contribution in [-0.2, 0) is 28.6 Å². The average molecular weight is 592 g/mol. The van der Waals surface area contributed by atoms with Crippen molar-refractivity contribution in [2.24, 2.45) is 0 Å². The number of halogens is 6. The number of rotatable bonds is 5. The Hall–Kier alpha value is -3.63. The lowest BCUT2D eigenvalue weighted by molar-refractivity contribution is -0.273. The number of nitrogens with one attached hydrogen (secondary N) is 2. The summed E-state index contributed by atoms with van der Waals surface area (Å²) in [6.45, 7) is 2.27. The summed E-state index contributed by atoms with van der Waals surface area (Å²) in [5.74, 6) is -6.76. The Morgan fingerprint density at radius 2 is 1.46 bits per heavy atom. The average Bonchev–Trinajstić information content (AvgIpc) is 2.87. The van der Waals surface area contributed by atoms with Gasteiger partial charge in [-0.1, -0.05) is 24.3 Å². The molecule has 2 aliphatic heterocycles. The normalized spacial score (nSPS) is 28.5.